The van der Waals surface area contributed by atoms with Crippen LogP contribution < -0.4 is 14.9 Å². The number of hydrogen-bond donors (Lipinski definition) is 2. The van der Waals surface area contributed by atoms with Crippen LogP contribution in [0.1, 0.15) is 12.5 Å². The lowest BCUT2D eigenvalue weighted by Gasteiger charge is -2.14. The Labute approximate surface area is 165 Å². The third-order valence-corrected chi connectivity index (χ3v) is 3.73. The van der Waals surface area contributed by atoms with Crippen molar-refractivity contribution >= 4 is 41.3 Å². The highest BCUT2D eigenvalue weighted by molar-refractivity contribution is 6.35. The molecule has 9 heteroatoms. The van der Waals surface area contributed by atoms with Gasteiger partial charge in [-0.2, -0.15) is 5.10 Å². The predicted octanol–water partition coefficient (Wildman–Crippen LogP) is 3.37. The quantitative estimate of drug-likeness (QED) is 0.513. The summed E-state index contributed by atoms with van der Waals surface area (Å²) in [6, 6.07) is 11.2. The van der Waals surface area contributed by atoms with Crippen LogP contribution in [0, 0.1) is 0 Å². The van der Waals surface area contributed by atoms with Crippen LogP contribution in [0.15, 0.2) is 47.6 Å². The first kappa shape index (κ1) is 20.5. The molecule has 2 rings (SSSR count). The molecule has 27 heavy (non-hydrogen) atoms. The minimum Gasteiger partial charge on any atom is -0.482 e. The standard InChI is InChI=1S/C18H16Cl2N2O5/c1-11(27-16-7-4-13(19)8-15(16)20)18(25)22-21-9-12-2-5-14(6-3-12)26-10-17(23)24/h2-9,11H,10H2,1H3,(H,22,25)(H,23,24)/b21-9-/t11-/m1/s1. The summed E-state index contributed by atoms with van der Waals surface area (Å²) < 4.78 is 10.5. The first-order chi connectivity index (χ1) is 12.8. The highest BCUT2D eigenvalue weighted by Gasteiger charge is 2.15. The molecular formula is C18H16Cl2N2O5. The van der Waals surface area contributed by atoms with Gasteiger partial charge in [-0.3, -0.25) is 4.79 Å². The van der Waals surface area contributed by atoms with Crippen molar-refractivity contribution in [3.05, 3.63) is 58.1 Å². The first-order valence-electron chi connectivity index (χ1n) is 7.74. The van der Waals surface area contributed by atoms with Crippen LogP contribution in [-0.4, -0.2) is 35.9 Å². The van der Waals surface area contributed by atoms with Gasteiger partial charge in [0.15, 0.2) is 12.7 Å². The summed E-state index contributed by atoms with van der Waals surface area (Å²) in [5.74, 6) is -0.761. The van der Waals surface area contributed by atoms with E-state index < -0.39 is 24.6 Å². The van der Waals surface area contributed by atoms with Gasteiger partial charge in [-0.15, -0.1) is 0 Å². The highest BCUT2D eigenvalue weighted by Crippen LogP contribution is 2.28. The summed E-state index contributed by atoms with van der Waals surface area (Å²) in [5, 5.41) is 13.2. The minimum absolute atomic E-state index is 0.302. The first-order valence-corrected chi connectivity index (χ1v) is 8.50. The lowest BCUT2D eigenvalue weighted by Crippen LogP contribution is -2.33. The van der Waals surface area contributed by atoms with Crippen molar-refractivity contribution in [2.24, 2.45) is 5.10 Å². The lowest BCUT2D eigenvalue weighted by atomic mass is 10.2. The number of rotatable bonds is 8. The molecule has 0 aliphatic heterocycles. The molecule has 2 aromatic carbocycles. The molecule has 142 valence electrons. The molecule has 7 nitrogen and oxygen atoms in total. The number of carbonyl (C=O) groups excluding carboxylic acids is 1. The minimum atomic E-state index is -1.06. The molecule has 0 bridgehead atoms. The van der Waals surface area contributed by atoms with Crippen molar-refractivity contribution in [2.45, 2.75) is 13.0 Å². The summed E-state index contributed by atoms with van der Waals surface area (Å²) >= 11 is 11.8. The van der Waals surface area contributed by atoms with Crippen LogP contribution in [0.4, 0.5) is 0 Å². The van der Waals surface area contributed by atoms with Gasteiger partial charge in [0.25, 0.3) is 5.91 Å². The zero-order valence-electron chi connectivity index (χ0n) is 14.2. The lowest BCUT2D eigenvalue weighted by molar-refractivity contribution is -0.139. The number of aliphatic carboxylic acids is 1. The molecule has 0 saturated heterocycles. The van der Waals surface area contributed by atoms with Crippen LogP contribution in [0.2, 0.25) is 10.0 Å². The van der Waals surface area contributed by atoms with Crippen LogP contribution >= 0.6 is 23.2 Å². The van der Waals surface area contributed by atoms with Gasteiger partial charge in [-0.1, -0.05) is 23.2 Å². The molecule has 2 N–H and O–H groups in total. The Balaban J connectivity index is 1.85. The van der Waals surface area contributed by atoms with E-state index in [1.54, 1.807) is 43.3 Å². The van der Waals surface area contributed by atoms with E-state index in [0.717, 1.165) is 0 Å². The number of hydrogen-bond acceptors (Lipinski definition) is 5. The maximum Gasteiger partial charge on any atom is 0.341 e. The van der Waals surface area contributed by atoms with Crippen LogP contribution in [0.5, 0.6) is 11.5 Å². The molecule has 1 amide bonds. The van der Waals surface area contributed by atoms with Gasteiger partial charge < -0.3 is 14.6 Å². The molecule has 0 fully saturated rings. The van der Waals surface area contributed by atoms with E-state index in [0.29, 0.717) is 27.1 Å². The molecule has 0 aliphatic carbocycles. The third-order valence-electron chi connectivity index (χ3n) is 3.20. The number of carboxylic acid groups (broad SMARTS) is 1. The van der Waals surface area contributed by atoms with Crippen LogP contribution in [-0.2, 0) is 9.59 Å². The van der Waals surface area contributed by atoms with Crippen molar-refractivity contribution < 1.29 is 24.2 Å². The van der Waals surface area contributed by atoms with Gasteiger partial charge >= 0.3 is 5.97 Å². The van der Waals surface area contributed by atoms with E-state index >= 15 is 0 Å². The second-order valence-corrected chi connectivity index (χ2v) is 6.16. The SMILES string of the molecule is C[C@@H](Oc1ccc(Cl)cc1Cl)C(=O)N/N=C\c1ccc(OCC(=O)O)cc1. The van der Waals surface area contributed by atoms with Gasteiger partial charge in [0.05, 0.1) is 11.2 Å². The van der Waals surface area contributed by atoms with Gasteiger partial charge in [0.2, 0.25) is 0 Å². The Morgan fingerprint density at radius 3 is 2.56 bits per heavy atom. The van der Waals surface area contributed by atoms with Gasteiger partial charge in [0.1, 0.15) is 11.5 Å². The largest absolute Gasteiger partial charge is 0.482 e. The Morgan fingerprint density at radius 1 is 1.22 bits per heavy atom. The van der Waals surface area contributed by atoms with Gasteiger partial charge in [-0.25, -0.2) is 10.2 Å². The summed E-state index contributed by atoms with van der Waals surface area (Å²) in [7, 11) is 0. The number of carboxylic acids is 1. The number of amides is 1. The van der Waals surface area contributed by atoms with E-state index in [2.05, 4.69) is 10.5 Å². The average molecular weight is 411 g/mol. The number of nitrogens with zero attached hydrogens (tertiary/aromatic N) is 1. The Bertz CT molecular complexity index is 840. The maximum absolute atomic E-state index is 12.0. The van der Waals surface area contributed by atoms with Crippen molar-refractivity contribution in [3.63, 3.8) is 0 Å². The Hall–Kier alpha value is -2.77. The van der Waals surface area contributed by atoms with Crippen molar-refractivity contribution in [1.29, 1.82) is 0 Å². The maximum atomic E-state index is 12.0. The molecule has 1 atom stereocenters. The molecule has 0 aromatic heterocycles. The summed E-state index contributed by atoms with van der Waals surface area (Å²) in [4.78, 5) is 22.5. The molecular weight excluding hydrogens is 395 g/mol. The zero-order chi connectivity index (χ0) is 19.8. The summed E-state index contributed by atoms with van der Waals surface area (Å²) in [6.45, 7) is 1.14. The summed E-state index contributed by atoms with van der Waals surface area (Å²) in [6.07, 6.45) is 0.605. The normalized spacial score (nSPS) is 11.8. The second kappa shape index (κ2) is 9.80. The van der Waals surface area contributed by atoms with E-state index in [1.165, 1.54) is 12.3 Å². The number of ether oxygens (including phenoxy) is 2. The number of benzene rings is 2. The van der Waals surface area contributed by atoms with Crippen molar-refractivity contribution in [1.82, 2.24) is 5.43 Å². The van der Waals surface area contributed by atoms with E-state index in [4.69, 9.17) is 37.8 Å². The molecule has 0 radical (unpaired) electrons. The highest BCUT2D eigenvalue weighted by atomic mass is 35.5. The predicted molar refractivity (Wildman–Crippen MR) is 102 cm³/mol. The van der Waals surface area contributed by atoms with Crippen LogP contribution in [0.3, 0.4) is 0 Å². The molecule has 0 aliphatic rings. The fourth-order valence-electron chi connectivity index (χ4n) is 1.87. The number of hydrazone groups is 1. The zero-order valence-corrected chi connectivity index (χ0v) is 15.7. The van der Waals surface area contributed by atoms with Crippen molar-refractivity contribution in [2.75, 3.05) is 6.61 Å². The molecule has 0 saturated carbocycles. The molecule has 0 heterocycles. The molecule has 0 unspecified atom stereocenters. The van der Waals surface area contributed by atoms with E-state index in [-0.39, 0.29) is 0 Å². The number of nitrogens with one attached hydrogen (secondary N) is 1. The van der Waals surface area contributed by atoms with Crippen LogP contribution in [0.25, 0.3) is 0 Å². The average Bonchev–Trinajstić information content (AvgIpc) is 2.63. The van der Waals surface area contributed by atoms with Crippen molar-refractivity contribution in [3.8, 4) is 11.5 Å². The monoisotopic (exact) mass is 410 g/mol. The van der Waals surface area contributed by atoms with E-state index in [9.17, 15) is 9.59 Å². The smallest absolute Gasteiger partial charge is 0.341 e. The summed E-state index contributed by atoms with van der Waals surface area (Å²) in [5.41, 5.74) is 3.05. The molecule has 0 spiro atoms. The van der Waals surface area contributed by atoms with Gasteiger partial charge in [-0.05, 0) is 55.0 Å². The second-order valence-electron chi connectivity index (χ2n) is 5.32. The number of halogens is 2. The Morgan fingerprint density at radius 2 is 1.93 bits per heavy atom. The fraction of sp³-hybridized carbons (Fsp3) is 0.167. The number of carbonyl (C=O) groups is 2. The Kier molecular flexibility index (Phi) is 7.45. The topological polar surface area (TPSA) is 97.2 Å². The molecule has 2 aromatic rings. The van der Waals surface area contributed by atoms with E-state index in [1.807, 2.05) is 0 Å². The third kappa shape index (κ3) is 6.80. The van der Waals surface area contributed by atoms with Gasteiger partial charge in [0, 0.05) is 5.02 Å². The fourth-order valence-corrected chi connectivity index (χ4v) is 2.32.